The highest BCUT2D eigenvalue weighted by molar-refractivity contribution is 7.99. The van der Waals surface area contributed by atoms with Crippen molar-refractivity contribution in [2.75, 3.05) is 11.5 Å². The Morgan fingerprint density at radius 1 is 1.45 bits per heavy atom. The lowest BCUT2D eigenvalue weighted by molar-refractivity contribution is -0.137. The second-order valence-corrected chi connectivity index (χ2v) is 5.92. The van der Waals surface area contributed by atoms with Gasteiger partial charge in [0.05, 0.1) is 11.0 Å². The van der Waals surface area contributed by atoms with Crippen molar-refractivity contribution in [1.82, 2.24) is 9.55 Å². The van der Waals surface area contributed by atoms with Gasteiger partial charge in [-0.2, -0.15) is 11.8 Å². The van der Waals surface area contributed by atoms with Crippen LogP contribution in [0.1, 0.15) is 18.2 Å². The summed E-state index contributed by atoms with van der Waals surface area (Å²) in [6, 6.07) is 2.04. The molecule has 4 nitrogen and oxygen atoms in total. The topological polar surface area (TPSA) is 55.1 Å². The van der Waals surface area contributed by atoms with Gasteiger partial charge in [-0.15, -0.1) is 0 Å². The molecule has 1 saturated heterocycles. The van der Waals surface area contributed by atoms with Crippen LogP contribution in [0.5, 0.6) is 0 Å². The van der Waals surface area contributed by atoms with Gasteiger partial charge in [-0.3, -0.25) is 4.79 Å². The zero-order valence-corrected chi connectivity index (χ0v) is 11.3. The van der Waals surface area contributed by atoms with Crippen LogP contribution in [0.4, 0.5) is 8.78 Å². The van der Waals surface area contributed by atoms with E-state index in [9.17, 15) is 13.6 Å². The van der Waals surface area contributed by atoms with Crippen molar-refractivity contribution in [3.8, 4) is 0 Å². The van der Waals surface area contributed by atoms with Gasteiger partial charge in [0.1, 0.15) is 12.4 Å². The van der Waals surface area contributed by atoms with E-state index < -0.39 is 17.6 Å². The second-order valence-electron chi connectivity index (χ2n) is 4.77. The molecule has 1 fully saturated rings. The summed E-state index contributed by atoms with van der Waals surface area (Å²) in [6.07, 6.45) is 0.901. The molecule has 1 atom stereocenters. The minimum Gasteiger partial charge on any atom is -0.480 e. The molecular weight excluding hydrogens is 286 g/mol. The zero-order chi connectivity index (χ0) is 14.3. The molecule has 1 aromatic carbocycles. The number of hydrogen-bond acceptors (Lipinski definition) is 3. The molecule has 2 aromatic rings. The van der Waals surface area contributed by atoms with Gasteiger partial charge in [-0.25, -0.2) is 13.8 Å². The number of fused-ring (bicyclic) bond motifs is 1. The van der Waals surface area contributed by atoms with Gasteiger partial charge in [-0.05, 0) is 12.2 Å². The summed E-state index contributed by atoms with van der Waals surface area (Å²) in [7, 11) is 0. The summed E-state index contributed by atoms with van der Waals surface area (Å²) in [5.74, 6) is -0.394. The monoisotopic (exact) mass is 298 g/mol. The predicted octanol–water partition coefficient (Wildman–Crippen LogP) is 2.62. The number of carboxylic acids is 1. The first-order valence-corrected chi connectivity index (χ1v) is 7.36. The number of carbonyl (C=O) groups is 1. The summed E-state index contributed by atoms with van der Waals surface area (Å²) in [5, 5.41) is 9.01. The Morgan fingerprint density at radius 2 is 2.20 bits per heavy atom. The fraction of sp³-hybridized carbons (Fsp3) is 0.385. The Morgan fingerprint density at radius 3 is 2.85 bits per heavy atom. The highest BCUT2D eigenvalue weighted by atomic mass is 32.2. The van der Waals surface area contributed by atoms with E-state index in [2.05, 4.69) is 4.98 Å². The first kappa shape index (κ1) is 13.4. The molecule has 3 rings (SSSR count). The molecule has 0 amide bonds. The number of halogens is 2. The van der Waals surface area contributed by atoms with Crippen molar-refractivity contribution in [3.05, 3.63) is 29.6 Å². The van der Waals surface area contributed by atoms with Crippen molar-refractivity contribution in [1.29, 1.82) is 0 Å². The first-order valence-electron chi connectivity index (χ1n) is 6.21. The normalized spacial score (nSPS) is 18.8. The fourth-order valence-electron chi connectivity index (χ4n) is 2.49. The van der Waals surface area contributed by atoms with Crippen molar-refractivity contribution in [2.45, 2.75) is 18.9 Å². The number of hydrogen-bond donors (Lipinski definition) is 1. The van der Waals surface area contributed by atoms with E-state index in [-0.39, 0.29) is 12.5 Å². The van der Waals surface area contributed by atoms with Gasteiger partial charge >= 0.3 is 5.97 Å². The van der Waals surface area contributed by atoms with Crippen LogP contribution >= 0.6 is 11.8 Å². The van der Waals surface area contributed by atoms with E-state index in [1.807, 2.05) is 0 Å². The van der Waals surface area contributed by atoms with Crippen molar-refractivity contribution < 1.29 is 18.7 Å². The number of imidazole rings is 1. The number of benzene rings is 1. The summed E-state index contributed by atoms with van der Waals surface area (Å²) >= 11 is 1.77. The summed E-state index contributed by atoms with van der Waals surface area (Å²) < 4.78 is 28.2. The molecule has 1 aromatic heterocycles. The highest BCUT2D eigenvalue weighted by Crippen LogP contribution is 2.34. The van der Waals surface area contributed by atoms with E-state index in [4.69, 9.17) is 5.11 Å². The minimum atomic E-state index is -1.03. The molecule has 2 heterocycles. The van der Waals surface area contributed by atoms with Crippen LogP contribution in [-0.2, 0) is 11.3 Å². The maximum atomic E-state index is 13.4. The number of rotatable bonds is 3. The minimum absolute atomic E-state index is 0.137. The highest BCUT2D eigenvalue weighted by Gasteiger charge is 2.25. The van der Waals surface area contributed by atoms with Gasteiger partial charge < -0.3 is 9.67 Å². The maximum absolute atomic E-state index is 13.4. The van der Waals surface area contributed by atoms with Crippen LogP contribution in [0.25, 0.3) is 11.0 Å². The van der Waals surface area contributed by atoms with Crippen molar-refractivity contribution >= 4 is 28.8 Å². The smallest absolute Gasteiger partial charge is 0.323 e. The van der Waals surface area contributed by atoms with Crippen LogP contribution in [0, 0.1) is 11.6 Å². The molecule has 0 aliphatic carbocycles. The van der Waals surface area contributed by atoms with Crippen LogP contribution in [0.3, 0.4) is 0 Å². The fourth-order valence-corrected chi connectivity index (χ4v) is 3.71. The molecule has 106 valence electrons. The summed E-state index contributed by atoms with van der Waals surface area (Å²) in [4.78, 5) is 15.3. The Hall–Kier alpha value is -1.63. The third-order valence-electron chi connectivity index (χ3n) is 3.41. The van der Waals surface area contributed by atoms with Gasteiger partial charge in [0.25, 0.3) is 0 Å². The predicted molar refractivity (Wildman–Crippen MR) is 72.0 cm³/mol. The molecule has 1 N–H and O–H groups in total. The van der Waals surface area contributed by atoms with E-state index in [0.29, 0.717) is 16.9 Å². The van der Waals surface area contributed by atoms with Crippen molar-refractivity contribution in [3.63, 3.8) is 0 Å². The molecule has 0 bridgehead atoms. The first-order chi connectivity index (χ1) is 9.56. The molecule has 20 heavy (non-hydrogen) atoms. The number of carboxylic acid groups (broad SMARTS) is 1. The average molecular weight is 298 g/mol. The molecule has 0 spiro atoms. The van der Waals surface area contributed by atoms with Gasteiger partial charge in [0.2, 0.25) is 0 Å². The number of thioether (sulfide) groups is 1. The third-order valence-corrected chi connectivity index (χ3v) is 4.57. The Bertz CT molecular complexity index is 681. The maximum Gasteiger partial charge on any atom is 0.323 e. The third kappa shape index (κ3) is 2.26. The second kappa shape index (κ2) is 5.05. The lowest BCUT2D eigenvalue weighted by Gasteiger charge is -2.11. The van der Waals surface area contributed by atoms with E-state index in [1.165, 1.54) is 4.57 Å². The lowest BCUT2D eigenvalue weighted by atomic mass is 10.1. The Balaban J connectivity index is 2.18. The lowest BCUT2D eigenvalue weighted by Crippen LogP contribution is -2.14. The van der Waals surface area contributed by atoms with E-state index >= 15 is 0 Å². The molecule has 1 unspecified atom stereocenters. The number of aliphatic carboxylic acids is 1. The molecule has 0 radical (unpaired) electrons. The largest absolute Gasteiger partial charge is 0.480 e. The molecule has 7 heteroatoms. The Kier molecular flexibility index (Phi) is 3.37. The zero-order valence-electron chi connectivity index (χ0n) is 10.5. The number of nitrogens with zero attached hydrogens (tertiary/aromatic N) is 2. The average Bonchev–Trinajstić information content (AvgIpc) is 2.99. The Labute approximate surface area is 117 Å². The van der Waals surface area contributed by atoms with E-state index in [1.54, 1.807) is 11.8 Å². The standard InChI is InChI=1S/C13H12F2N2O2S/c14-8-3-10-11(4-9(8)15)17(5-12(18)19)13(16-10)7-1-2-20-6-7/h3-4,7H,1-2,5-6H2,(H,18,19). The summed E-state index contributed by atoms with van der Waals surface area (Å²) in [6.45, 7) is -0.294. The van der Waals surface area contributed by atoms with Gasteiger partial charge in [-0.1, -0.05) is 0 Å². The van der Waals surface area contributed by atoms with Crippen LogP contribution in [0.15, 0.2) is 12.1 Å². The molecule has 0 saturated carbocycles. The van der Waals surface area contributed by atoms with Gasteiger partial charge in [0.15, 0.2) is 11.6 Å². The van der Waals surface area contributed by atoms with Crippen LogP contribution in [0.2, 0.25) is 0 Å². The molecule has 1 aliphatic rings. The van der Waals surface area contributed by atoms with E-state index in [0.717, 1.165) is 30.1 Å². The van der Waals surface area contributed by atoms with Gasteiger partial charge in [0, 0.05) is 23.8 Å². The SMILES string of the molecule is O=C(O)Cn1c(C2CCSC2)nc2cc(F)c(F)cc21. The molecule has 1 aliphatic heterocycles. The van der Waals surface area contributed by atoms with Crippen LogP contribution in [-0.4, -0.2) is 32.1 Å². The van der Waals surface area contributed by atoms with Crippen molar-refractivity contribution in [2.24, 2.45) is 0 Å². The van der Waals surface area contributed by atoms with Crippen LogP contribution < -0.4 is 0 Å². The number of aromatic nitrogens is 2. The quantitative estimate of drug-likeness (QED) is 0.946. The summed E-state index contributed by atoms with van der Waals surface area (Å²) in [5.41, 5.74) is 0.634. The molecular formula is C13H12F2N2O2S.